The highest BCUT2D eigenvalue weighted by atomic mass is 19.1. The lowest BCUT2D eigenvalue weighted by Gasteiger charge is -2.14. The van der Waals surface area contributed by atoms with E-state index in [1.807, 2.05) is 0 Å². The van der Waals surface area contributed by atoms with Crippen molar-refractivity contribution in [1.29, 1.82) is 0 Å². The van der Waals surface area contributed by atoms with E-state index in [1.165, 1.54) is 24.6 Å². The van der Waals surface area contributed by atoms with E-state index in [0.29, 0.717) is 40.8 Å². The van der Waals surface area contributed by atoms with Gasteiger partial charge < -0.3 is 20.1 Å². The number of nitrogens with zero attached hydrogens (tertiary/aromatic N) is 4. The third-order valence-corrected chi connectivity index (χ3v) is 5.86. The summed E-state index contributed by atoms with van der Waals surface area (Å²) in [7, 11) is 1.43. The molecule has 10 nitrogen and oxygen atoms in total. The molecule has 5 rings (SSSR count). The van der Waals surface area contributed by atoms with Crippen molar-refractivity contribution in [2.24, 2.45) is 5.92 Å². The molecule has 2 amide bonds. The van der Waals surface area contributed by atoms with E-state index in [-0.39, 0.29) is 29.6 Å². The van der Waals surface area contributed by atoms with Crippen molar-refractivity contribution in [3.8, 4) is 22.9 Å². The molecule has 37 heavy (non-hydrogen) atoms. The van der Waals surface area contributed by atoms with Crippen LogP contribution in [0.15, 0.2) is 48.8 Å². The van der Waals surface area contributed by atoms with Crippen LogP contribution in [-0.2, 0) is 11.3 Å². The van der Waals surface area contributed by atoms with Crippen LogP contribution in [-0.4, -0.2) is 45.1 Å². The van der Waals surface area contributed by atoms with Crippen molar-refractivity contribution in [1.82, 2.24) is 24.9 Å². The Bertz CT molecular complexity index is 1480. The molecule has 1 aliphatic carbocycles. The number of amides is 2. The summed E-state index contributed by atoms with van der Waals surface area (Å²) in [6, 6.07) is 9.74. The molecule has 0 saturated heterocycles. The lowest BCUT2D eigenvalue weighted by atomic mass is 10.1. The Morgan fingerprint density at radius 1 is 1.22 bits per heavy atom. The highest BCUT2D eigenvalue weighted by Crippen LogP contribution is 2.31. The molecule has 0 spiro atoms. The molecule has 1 fully saturated rings. The fourth-order valence-electron chi connectivity index (χ4n) is 3.81. The maximum Gasteiger partial charge on any atom is 0.257 e. The van der Waals surface area contributed by atoms with E-state index >= 15 is 0 Å². The summed E-state index contributed by atoms with van der Waals surface area (Å²) >= 11 is 0. The average Bonchev–Trinajstić information content (AvgIpc) is 3.63. The van der Waals surface area contributed by atoms with Crippen molar-refractivity contribution >= 4 is 23.3 Å². The van der Waals surface area contributed by atoms with Gasteiger partial charge >= 0.3 is 0 Å². The molecular weight excluding hydrogens is 479 g/mol. The zero-order valence-electron chi connectivity index (χ0n) is 20.3. The molecule has 1 saturated carbocycles. The Morgan fingerprint density at radius 3 is 2.81 bits per heavy atom. The molecule has 0 radical (unpaired) electrons. The summed E-state index contributed by atoms with van der Waals surface area (Å²) in [5.41, 5.74) is 2.38. The summed E-state index contributed by atoms with van der Waals surface area (Å²) in [5, 5.41) is 9.94. The Kier molecular flexibility index (Phi) is 6.67. The van der Waals surface area contributed by atoms with Gasteiger partial charge in [0.05, 0.1) is 25.6 Å². The van der Waals surface area contributed by atoms with Crippen LogP contribution in [0.3, 0.4) is 0 Å². The standard InChI is InChI=1S/C26H25FN6O4/c1-15(34)30-22-13-33-23(31-22)9-8-21(32-33)18-10-19(26(36-2)29-12-18)25(35)28-11-17-4-3-5-20(27)24(17)37-14-16-6-7-16/h3-5,8-10,12-13,16H,6-7,11,14H2,1-2H3,(H,28,35)(H,30,34). The van der Waals surface area contributed by atoms with Crippen molar-refractivity contribution in [3.05, 3.63) is 65.7 Å². The van der Waals surface area contributed by atoms with Gasteiger partial charge in [-0.15, -0.1) is 0 Å². The minimum absolute atomic E-state index is 0.0646. The van der Waals surface area contributed by atoms with Crippen molar-refractivity contribution in [3.63, 3.8) is 0 Å². The van der Waals surface area contributed by atoms with Crippen molar-refractivity contribution < 1.29 is 23.5 Å². The Morgan fingerprint density at radius 2 is 2.05 bits per heavy atom. The van der Waals surface area contributed by atoms with Crippen molar-refractivity contribution in [2.75, 3.05) is 19.0 Å². The van der Waals surface area contributed by atoms with Gasteiger partial charge in [0.2, 0.25) is 11.8 Å². The number of fused-ring (bicyclic) bond motifs is 1. The quantitative estimate of drug-likeness (QED) is 0.357. The van der Waals surface area contributed by atoms with Crippen LogP contribution in [0.1, 0.15) is 35.7 Å². The Hall–Kier alpha value is -4.54. The van der Waals surface area contributed by atoms with Gasteiger partial charge in [0.15, 0.2) is 23.0 Å². The highest BCUT2D eigenvalue weighted by molar-refractivity contribution is 5.97. The number of rotatable bonds is 9. The second kappa shape index (κ2) is 10.2. The van der Waals surface area contributed by atoms with E-state index in [1.54, 1.807) is 42.7 Å². The number of benzene rings is 1. The third-order valence-electron chi connectivity index (χ3n) is 5.86. The molecule has 0 aliphatic heterocycles. The first-order valence-corrected chi connectivity index (χ1v) is 11.8. The number of aromatic nitrogens is 4. The minimum atomic E-state index is -0.462. The van der Waals surface area contributed by atoms with Gasteiger partial charge in [0.25, 0.3) is 5.91 Å². The van der Waals surface area contributed by atoms with Gasteiger partial charge in [-0.05, 0) is 43.0 Å². The summed E-state index contributed by atoms with van der Waals surface area (Å²) in [6.45, 7) is 1.92. The second-order valence-corrected chi connectivity index (χ2v) is 8.77. The van der Waals surface area contributed by atoms with Crippen LogP contribution in [0.5, 0.6) is 11.6 Å². The predicted octanol–water partition coefficient (Wildman–Crippen LogP) is 3.62. The van der Waals surface area contributed by atoms with Gasteiger partial charge in [-0.25, -0.2) is 18.9 Å². The Balaban J connectivity index is 1.36. The molecule has 3 heterocycles. The topological polar surface area (TPSA) is 120 Å². The van der Waals surface area contributed by atoms with Gasteiger partial charge in [-0.3, -0.25) is 9.59 Å². The Labute approximate surface area is 211 Å². The predicted molar refractivity (Wildman–Crippen MR) is 133 cm³/mol. The number of carbonyl (C=O) groups is 2. The zero-order chi connectivity index (χ0) is 25.9. The summed E-state index contributed by atoms with van der Waals surface area (Å²) in [4.78, 5) is 33.0. The first-order chi connectivity index (χ1) is 17.9. The van der Waals surface area contributed by atoms with Crippen LogP contribution < -0.4 is 20.1 Å². The van der Waals surface area contributed by atoms with E-state index in [2.05, 4.69) is 25.7 Å². The maximum atomic E-state index is 14.4. The lowest BCUT2D eigenvalue weighted by molar-refractivity contribution is -0.114. The van der Waals surface area contributed by atoms with E-state index in [0.717, 1.165) is 12.8 Å². The highest BCUT2D eigenvalue weighted by Gasteiger charge is 2.23. The van der Waals surface area contributed by atoms with Crippen LogP contribution in [0.2, 0.25) is 0 Å². The largest absolute Gasteiger partial charge is 0.490 e. The van der Waals surface area contributed by atoms with Crippen LogP contribution in [0.4, 0.5) is 10.2 Å². The molecule has 3 aromatic heterocycles. The molecule has 0 bridgehead atoms. The van der Waals surface area contributed by atoms with E-state index in [4.69, 9.17) is 9.47 Å². The number of anilines is 1. The fourth-order valence-corrected chi connectivity index (χ4v) is 3.81. The minimum Gasteiger partial charge on any atom is -0.490 e. The molecular formula is C26H25FN6O4. The number of halogens is 1. The van der Waals surface area contributed by atoms with Crippen molar-refractivity contribution in [2.45, 2.75) is 26.3 Å². The third kappa shape index (κ3) is 5.50. The molecule has 4 aromatic rings. The number of hydrogen-bond acceptors (Lipinski definition) is 7. The van der Waals surface area contributed by atoms with E-state index in [9.17, 15) is 14.0 Å². The summed E-state index contributed by atoms with van der Waals surface area (Å²) in [5.74, 6) is -0.00229. The average molecular weight is 505 g/mol. The number of carbonyl (C=O) groups excluding carboxylic acids is 2. The number of nitrogens with one attached hydrogen (secondary N) is 2. The number of imidazole rings is 1. The molecule has 2 N–H and O–H groups in total. The van der Waals surface area contributed by atoms with Crippen LogP contribution >= 0.6 is 0 Å². The molecule has 1 aromatic carbocycles. The lowest BCUT2D eigenvalue weighted by Crippen LogP contribution is -2.24. The van der Waals surface area contributed by atoms with Gasteiger partial charge in [-0.2, -0.15) is 5.10 Å². The smallest absolute Gasteiger partial charge is 0.257 e. The number of para-hydroxylation sites is 1. The first-order valence-electron chi connectivity index (χ1n) is 11.8. The first kappa shape index (κ1) is 24.2. The number of methoxy groups -OCH3 is 1. The van der Waals surface area contributed by atoms with Gasteiger partial charge in [0.1, 0.15) is 5.56 Å². The SMILES string of the molecule is COc1ncc(-c2ccc3nc(NC(C)=O)cn3n2)cc1C(=O)NCc1cccc(F)c1OCC1CC1. The number of pyridine rings is 1. The summed E-state index contributed by atoms with van der Waals surface area (Å²) in [6.07, 6.45) is 5.31. The summed E-state index contributed by atoms with van der Waals surface area (Å²) < 4.78 is 26.9. The maximum absolute atomic E-state index is 14.4. The fraction of sp³-hybridized carbons (Fsp3) is 0.269. The van der Waals surface area contributed by atoms with Gasteiger partial charge in [-0.1, -0.05) is 12.1 Å². The second-order valence-electron chi connectivity index (χ2n) is 8.77. The number of hydrogen-bond donors (Lipinski definition) is 2. The molecule has 190 valence electrons. The monoisotopic (exact) mass is 504 g/mol. The van der Waals surface area contributed by atoms with Gasteiger partial charge in [0, 0.05) is 30.8 Å². The molecule has 0 unspecified atom stereocenters. The molecule has 11 heteroatoms. The molecule has 1 aliphatic rings. The normalized spacial score (nSPS) is 12.8. The van der Waals surface area contributed by atoms with Crippen LogP contribution in [0, 0.1) is 11.7 Å². The zero-order valence-corrected chi connectivity index (χ0v) is 20.3. The molecule has 0 atom stereocenters. The van der Waals surface area contributed by atoms with E-state index < -0.39 is 11.7 Å². The number of ether oxygens (including phenoxy) is 2. The van der Waals surface area contributed by atoms with Crippen LogP contribution in [0.25, 0.3) is 16.9 Å².